The van der Waals surface area contributed by atoms with Crippen molar-refractivity contribution in [2.45, 2.75) is 68.5 Å². The van der Waals surface area contributed by atoms with E-state index in [1.165, 1.54) is 11.1 Å². The Morgan fingerprint density at radius 2 is 1.08 bits per heavy atom. The summed E-state index contributed by atoms with van der Waals surface area (Å²) in [5.41, 5.74) is 7.86. The van der Waals surface area contributed by atoms with E-state index in [9.17, 15) is 14.4 Å². The zero-order chi connectivity index (χ0) is 33.5. The minimum absolute atomic E-state index is 0.0464. The van der Waals surface area contributed by atoms with Crippen molar-refractivity contribution in [3.8, 4) is 22.3 Å². The number of nitrogens with one attached hydrogen (secondary N) is 1. The van der Waals surface area contributed by atoms with Gasteiger partial charge in [-0.15, -0.1) is 0 Å². The van der Waals surface area contributed by atoms with Crippen molar-refractivity contribution in [2.75, 3.05) is 19.8 Å². The largest absolute Gasteiger partial charge is 0.464 e. The van der Waals surface area contributed by atoms with Crippen molar-refractivity contribution in [2.24, 2.45) is 0 Å². The van der Waals surface area contributed by atoms with E-state index in [4.69, 9.17) is 14.2 Å². The zero-order valence-electron chi connectivity index (χ0n) is 27.6. The molecular formula is C41H40N2O6. The average molecular weight is 657 g/mol. The van der Waals surface area contributed by atoms with Crippen LogP contribution in [0.1, 0.15) is 73.1 Å². The van der Waals surface area contributed by atoms with Crippen molar-refractivity contribution in [3.63, 3.8) is 0 Å². The Kier molecular flexibility index (Phi) is 8.10. The summed E-state index contributed by atoms with van der Waals surface area (Å²) in [6, 6.07) is 32.3. The van der Waals surface area contributed by atoms with Crippen LogP contribution in [0.2, 0.25) is 0 Å². The predicted octanol–water partition coefficient (Wildman–Crippen LogP) is 7.79. The highest BCUT2D eigenvalue weighted by Gasteiger charge is 2.54. The van der Waals surface area contributed by atoms with Crippen LogP contribution >= 0.6 is 0 Å². The molecule has 49 heavy (non-hydrogen) atoms. The average Bonchev–Trinajstić information content (AvgIpc) is 3.62. The third-order valence-corrected chi connectivity index (χ3v) is 10.9. The maximum absolute atomic E-state index is 13.8. The number of esters is 1. The summed E-state index contributed by atoms with van der Waals surface area (Å²) < 4.78 is 17.5. The fraction of sp³-hybridized carbons (Fsp3) is 0.341. The number of benzene rings is 4. The first-order valence-electron chi connectivity index (χ1n) is 17.4. The number of alkyl carbamates (subject to hydrolysis) is 1. The number of fused-ring (bicyclic) bond motifs is 8. The molecule has 2 atom stereocenters. The van der Waals surface area contributed by atoms with Crippen molar-refractivity contribution < 1.29 is 28.6 Å². The third-order valence-electron chi connectivity index (χ3n) is 10.9. The molecule has 2 saturated heterocycles. The Labute approximate surface area is 286 Å². The number of hydrogen-bond acceptors (Lipinski definition) is 6. The molecule has 2 unspecified atom stereocenters. The number of carbonyl (C=O) groups excluding carboxylic acids is 3. The van der Waals surface area contributed by atoms with Crippen molar-refractivity contribution in [1.29, 1.82) is 0 Å². The van der Waals surface area contributed by atoms with Gasteiger partial charge in [0.15, 0.2) is 0 Å². The van der Waals surface area contributed by atoms with Crippen LogP contribution in [0.3, 0.4) is 0 Å². The van der Waals surface area contributed by atoms with E-state index in [0.717, 1.165) is 39.8 Å². The first-order valence-corrected chi connectivity index (χ1v) is 17.4. The second-order valence-electron chi connectivity index (χ2n) is 13.6. The number of hydrogen-bond donors (Lipinski definition) is 1. The molecule has 0 spiro atoms. The Hall–Kier alpha value is -5.11. The molecular weight excluding hydrogens is 616 g/mol. The molecule has 4 aromatic rings. The summed E-state index contributed by atoms with van der Waals surface area (Å²) in [6.45, 7) is 2.30. The highest BCUT2D eigenvalue weighted by molar-refractivity contribution is 5.87. The van der Waals surface area contributed by atoms with Crippen molar-refractivity contribution in [3.05, 3.63) is 119 Å². The molecule has 8 rings (SSSR count). The Morgan fingerprint density at radius 3 is 1.53 bits per heavy atom. The first kappa shape index (κ1) is 31.2. The first-order chi connectivity index (χ1) is 24.0. The second-order valence-corrected chi connectivity index (χ2v) is 13.6. The molecule has 2 amide bonds. The van der Waals surface area contributed by atoms with Gasteiger partial charge < -0.3 is 24.4 Å². The van der Waals surface area contributed by atoms with E-state index in [-0.39, 0.29) is 62.7 Å². The fourth-order valence-electron chi connectivity index (χ4n) is 8.84. The minimum Gasteiger partial charge on any atom is -0.464 e. The number of carbonyl (C=O) groups is 3. The quantitative estimate of drug-likeness (QED) is 0.161. The smallest absolute Gasteiger partial charge is 0.410 e. The lowest BCUT2D eigenvalue weighted by molar-refractivity contribution is -0.156. The van der Waals surface area contributed by atoms with Gasteiger partial charge in [0.1, 0.15) is 18.8 Å². The zero-order valence-corrected chi connectivity index (χ0v) is 27.6. The number of rotatable bonds is 7. The minimum atomic E-state index is -1.31. The van der Waals surface area contributed by atoms with Crippen LogP contribution in [-0.2, 0) is 19.0 Å². The molecule has 2 fully saturated rings. The van der Waals surface area contributed by atoms with Crippen molar-refractivity contribution in [1.82, 2.24) is 10.2 Å². The summed E-state index contributed by atoms with van der Waals surface area (Å²) in [6.07, 6.45) is 1.75. The topological polar surface area (TPSA) is 94.2 Å². The van der Waals surface area contributed by atoms with Gasteiger partial charge in [-0.1, -0.05) is 97.1 Å². The summed E-state index contributed by atoms with van der Waals surface area (Å²) in [5, 5.41) is 2.96. The van der Waals surface area contributed by atoms with E-state index in [2.05, 4.69) is 53.8 Å². The van der Waals surface area contributed by atoms with Crippen LogP contribution in [0.15, 0.2) is 97.1 Å². The lowest BCUT2D eigenvalue weighted by Crippen LogP contribution is -2.68. The molecule has 2 aliphatic heterocycles. The molecule has 1 N–H and O–H groups in total. The number of piperidine rings is 2. The van der Waals surface area contributed by atoms with Crippen LogP contribution in [0, 0.1) is 0 Å². The summed E-state index contributed by atoms with van der Waals surface area (Å²) in [4.78, 5) is 42.9. The predicted molar refractivity (Wildman–Crippen MR) is 185 cm³/mol. The normalized spacial score (nSPS) is 21.9. The molecule has 0 saturated carbocycles. The maximum Gasteiger partial charge on any atom is 0.410 e. The van der Waals surface area contributed by atoms with E-state index < -0.39 is 17.6 Å². The van der Waals surface area contributed by atoms with Crippen LogP contribution < -0.4 is 5.32 Å². The monoisotopic (exact) mass is 656 g/mol. The Morgan fingerprint density at radius 1 is 0.653 bits per heavy atom. The van der Waals surface area contributed by atoms with Gasteiger partial charge in [0.05, 0.1) is 6.61 Å². The van der Waals surface area contributed by atoms with Gasteiger partial charge >= 0.3 is 18.2 Å². The van der Waals surface area contributed by atoms with Gasteiger partial charge in [-0.3, -0.25) is 0 Å². The van der Waals surface area contributed by atoms with E-state index in [1.54, 1.807) is 6.92 Å². The highest BCUT2D eigenvalue weighted by atomic mass is 16.6. The van der Waals surface area contributed by atoms with Gasteiger partial charge in [-0.25, -0.2) is 14.4 Å². The summed E-state index contributed by atoms with van der Waals surface area (Å²) >= 11 is 0. The molecule has 2 aliphatic carbocycles. The molecule has 4 aliphatic rings. The number of amides is 2. The van der Waals surface area contributed by atoms with Crippen molar-refractivity contribution >= 4 is 18.2 Å². The van der Waals surface area contributed by atoms with E-state index in [1.807, 2.05) is 53.4 Å². The molecule has 250 valence electrons. The van der Waals surface area contributed by atoms with E-state index >= 15 is 0 Å². The Balaban J connectivity index is 0.973. The van der Waals surface area contributed by atoms with Gasteiger partial charge in [0.25, 0.3) is 0 Å². The standard InChI is InChI=1S/C41H40N2O6/c1-2-47-38(44)41(42-39(45)48-24-36-32-18-7-3-14-28(32)29-15-4-8-19-33(29)36)22-26-12-11-13-27(23-41)43(26)40(46)49-25-37-34-20-9-5-16-30(34)31-17-6-10-21-35(31)37/h3-10,14-21,26-27,36-37H,2,11-13,22-25H2,1H3,(H,42,45). The molecule has 8 heteroatoms. The highest BCUT2D eigenvalue weighted by Crippen LogP contribution is 2.46. The van der Waals surface area contributed by atoms with Gasteiger partial charge in [-0.05, 0) is 70.7 Å². The van der Waals surface area contributed by atoms with E-state index in [0.29, 0.717) is 12.8 Å². The lowest BCUT2D eigenvalue weighted by Gasteiger charge is -2.51. The second kappa shape index (κ2) is 12.7. The molecule has 8 nitrogen and oxygen atoms in total. The van der Waals surface area contributed by atoms with Crippen LogP contribution in [-0.4, -0.2) is 60.5 Å². The molecule has 0 radical (unpaired) electrons. The summed E-state index contributed by atoms with van der Waals surface area (Å²) in [5.74, 6) is -0.645. The van der Waals surface area contributed by atoms with Crippen LogP contribution in [0.25, 0.3) is 22.3 Å². The number of nitrogens with zero attached hydrogens (tertiary/aromatic N) is 1. The third kappa shape index (κ3) is 5.43. The molecule has 4 aromatic carbocycles. The van der Waals surface area contributed by atoms with Gasteiger partial charge in [-0.2, -0.15) is 0 Å². The number of ether oxygens (including phenoxy) is 3. The Bertz CT molecular complexity index is 1820. The lowest BCUT2D eigenvalue weighted by atomic mass is 9.73. The SMILES string of the molecule is CCOC(=O)C1(NC(=O)OCC2c3ccccc3-c3ccccc32)CC2CCCC(C1)N2C(=O)OCC1c2ccccc2-c2ccccc21. The van der Waals surface area contributed by atoms with Gasteiger partial charge in [0, 0.05) is 36.8 Å². The molecule has 0 aromatic heterocycles. The molecule has 2 heterocycles. The van der Waals surface area contributed by atoms with Crippen LogP contribution in [0.5, 0.6) is 0 Å². The molecule has 2 bridgehead atoms. The van der Waals surface area contributed by atoms with Crippen LogP contribution in [0.4, 0.5) is 9.59 Å². The fourth-order valence-corrected chi connectivity index (χ4v) is 8.84. The summed E-state index contributed by atoms with van der Waals surface area (Å²) in [7, 11) is 0. The maximum atomic E-state index is 13.8. The van der Waals surface area contributed by atoms with Gasteiger partial charge in [0.2, 0.25) is 0 Å².